The molecule has 210 valence electrons. The molecule has 1 N–H and O–H groups in total. The Balaban J connectivity index is 1.93. The number of nitriles is 1. The van der Waals surface area contributed by atoms with Gasteiger partial charge in [0.25, 0.3) is 0 Å². The number of halogens is 5. The molecule has 1 unspecified atom stereocenters. The van der Waals surface area contributed by atoms with Crippen LogP contribution in [0, 0.1) is 11.3 Å². The zero-order valence-electron chi connectivity index (χ0n) is 21.5. The zero-order chi connectivity index (χ0) is 29.0. The van der Waals surface area contributed by atoms with E-state index in [0.29, 0.717) is 17.5 Å². The van der Waals surface area contributed by atoms with Gasteiger partial charge in [0.2, 0.25) is 0 Å². The number of ether oxygens (including phenoxy) is 1. The third kappa shape index (κ3) is 7.89. The quantitative estimate of drug-likeness (QED) is 0.126. The van der Waals surface area contributed by atoms with E-state index in [9.17, 15) is 23.2 Å². The first kappa shape index (κ1) is 30.8. The molecule has 0 spiro atoms. The number of carbonyl (C=O) groups is 1. The monoisotopic (exact) mass is 647 g/mol. The fourth-order valence-corrected chi connectivity index (χ4v) is 5.03. The minimum Gasteiger partial charge on any atom is -0.444 e. The van der Waals surface area contributed by atoms with Gasteiger partial charge in [-0.1, -0.05) is 45.4 Å². The molecule has 1 amide bonds. The van der Waals surface area contributed by atoms with Gasteiger partial charge in [-0.15, -0.1) is 0 Å². The Labute approximate surface area is 241 Å². The SMILES string of the molecule is CSc1nc(Cl)c(/C=N/Nc2cccc(Br)c2C(F)(F)F)c(N2CCN(C(=O)OC(C)(C)C)C(CC#N)C2)n1. The summed E-state index contributed by atoms with van der Waals surface area (Å²) in [5, 5.41) is 13.8. The lowest BCUT2D eigenvalue weighted by molar-refractivity contribution is -0.137. The van der Waals surface area contributed by atoms with Gasteiger partial charge < -0.3 is 14.5 Å². The molecular formula is C24H26BrClF3N7O2S. The van der Waals surface area contributed by atoms with Crippen molar-refractivity contribution in [3.8, 4) is 6.07 Å². The first-order valence-electron chi connectivity index (χ1n) is 11.6. The zero-order valence-corrected chi connectivity index (χ0v) is 24.7. The van der Waals surface area contributed by atoms with E-state index in [-0.39, 0.29) is 40.4 Å². The summed E-state index contributed by atoms with van der Waals surface area (Å²) in [6, 6.07) is 5.60. The number of hydrazone groups is 1. The molecule has 39 heavy (non-hydrogen) atoms. The average molecular weight is 649 g/mol. The lowest BCUT2D eigenvalue weighted by Crippen LogP contribution is -2.56. The van der Waals surface area contributed by atoms with Crippen LogP contribution in [-0.4, -0.2) is 64.7 Å². The van der Waals surface area contributed by atoms with E-state index in [0.717, 1.165) is 0 Å². The van der Waals surface area contributed by atoms with E-state index in [4.69, 9.17) is 16.3 Å². The van der Waals surface area contributed by atoms with Gasteiger partial charge in [-0.2, -0.15) is 23.5 Å². The molecule has 1 atom stereocenters. The molecule has 3 rings (SSSR count). The summed E-state index contributed by atoms with van der Waals surface area (Å²) in [6.07, 6.45) is -2.06. The number of alkyl halides is 3. The molecule has 0 radical (unpaired) electrons. The summed E-state index contributed by atoms with van der Waals surface area (Å²) in [6.45, 7) is 6.11. The van der Waals surface area contributed by atoms with E-state index in [1.807, 2.05) is 4.90 Å². The molecule has 15 heteroatoms. The molecular weight excluding hydrogens is 623 g/mol. The van der Waals surface area contributed by atoms with Crippen LogP contribution >= 0.6 is 39.3 Å². The van der Waals surface area contributed by atoms with E-state index < -0.39 is 29.5 Å². The molecule has 1 aromatic heterocycles. The van der Waals surface area contributed by atoms with Gasteiger partial charge in [-0.25, -0.2) is 14.8 Å². The third-order valence-corrected chi connectivity index (χ3v) is 6.95. The highest BCUT2D eigenvalue weighted by Gasteiger charge is 2.36. The second kappa shape index (κ2) is 12.6. The van der Waals surface area contributed by atoms with Crippen molar-refractivity contribution in [1.82, 2.24) is 14.9 Å². The highest BCUT2D eigenvalue weighted by atomic mass is 79.9. The number of carbonyl (C=O) groups excluding carboxylic acids is 1. The Morgan fingerprint density at radius 1 is 1.36 bits per heavy atom. The fourth-order valence-electron chi connectivity index (χ4n) is 3.82. The molecule has 1 aliphatic heterocycles. The van der Waals surface area contributed by atoms with Crippen LogP contribution in [0.5, 0.6) is 0 Å². The molecule has 1 aliphatic rings. The maximum atomic E-state index is 13.6. The van der Waals surface area contributed by atoms with Gasteiger partial charge >= 0.3 is 12.3 Å². The maximum Gasteiger partial charge on any atom is 0.419 e. The van der Waals surface area contributed by atoms with Crippen LogP contribution < -0.4 is 10.3 Å². The molecule has 2 aromatic rings. The first-order chi connectivity index (χ1) is 18.2. The van der Waals surface area contributed by atoms with Crippen LogP contribution in [0.4, 0.5) is 29.5 Å². The minimum atomic E-state index is -4.62. The summed E-state index contributed by atoms with van der Waals surface area (Å²) >= 11 is 10.7. The van der Waals surface area contributed by atoms with Gasteiger partial charge in [-0.05, 0) is 39.2 Å². The summed E-state index contributed by atoms with van der Waals surface area (Å²) in [5.74, 6) is 0.377. The third-order valence-electron chi connectivity index (χ3n) is 5.45. The number of amides is 1. The summed E-state index contributed by atoms with van der Waals surface area (Å²) < 4.78 is 46.1. The maximum absolute atomic E-state index is 13.6. The van der Waals surface area contributed by atoms with Crippen molar-refractivity contribution >= 4 is 63.1 Å². The Morgan fingerprint density at radius 3 is 2.69 bits per heavy atom. The van der Waals surface area contributed by atoms with E-state index in [1.54, 1.807) is 27.0 Å². The lowest BCUT2D eigenvalue weighted by atomic mass is 10.1. The van der Waals surface area contributed by atoms with Crippen molar-refractivity contribution < 1.29 is 22.7 Å². The molecule has 0 aliphatic carbocycles. The fraction of sp³-hybridized carbons (Fsp3) is 0.458. The van der Waals surface area contributed by atoms with Crippen molar-refractivity contribution in [3.63, 3.8) is 0 Å². The van der Waals surface area contributed by atoms with Crippen molar-refractivity contribution in [1.29, 1.82) is 5.26 Å². The summed E-state index contributed by atoms with van der Waals surface area (Å²) in [4.78, 5) is 24.9. The van der Waals surface area contributed by atoms with Crippen LogP contribution in [0.15, 0.2) is 32.9 Å². The number of rotatable bonds is 6. The number of benzene rings is 1. The highest BCUT2D eigenvalue weighted by Crippen LogP contribution is 2.40. The molecule has 0 bridgehead atoms. The van der Waals surface area contributed by atoms with Gasteiger partial charge in [0.15, 0.2) is 5.16 Å². The topological polar surface area (TPSA) is 107 Å². The average Bonchev–Trinajstić information content (AvgIpc) is 2.83. The molecule has 1 aromatic carbocycles. The Hall–Kier alpha value is -2.76. The Morgan fingerprint density at radius 2 is 2.08 bits per heavy atom. The molecule has 9 nitrogen and oxygen atoms in total. The van der Waals surface area contributed by atoms with E-state index in [1.165, 1.54) is 41.1 Å². The van der Waals surface area contributed by atoms with Gasteiger partial charge in [0, 0.05) is 24.1 Å². The number of hydrogen-bond donors (Lipinski definition) is 1. The molecule has 2 heterocycles. The second-order valence-electron chi connectivity index (χ2n) is 9.40. The van der Waals surface area contributed by atoms with Gasteiger partial charge in [-0.3, -0.25) is 5.43 Å². The summed E-state index contributed by atoms with van der Waals surface area (Å²) in [5.41, 5.74) is 0.849. The van der Waals surface area contributed by atoms with Crippen molar-refractivity contribution in [2.45, 2.75) is 50.2 Å². The standard InChI is InChI=1S/C24H26BrClF3N7O2S/c1-23(2,3)38-22(37)36-11-10-35(13-14(36)8-9-30)20-15(19(26)32-21(33-20)39-4)12-31-34-17-7-5-6-16(25)18(17)24(27,28)29/h5-7,12,14,34H,8,10-11,13H2,1-4H3/b31-12+. The van der Waals surface area contributed by atoms with Crippen LogP contribution in [0.1, 0.15) is 38.3 Å². The van der Waals surface area contributed by atoms with Crippen LogP contribution in [0.2, 0.25) is 5.15 Å². The number of piperazine rings is 1. The molecule has 1 fully saturated rings. The van der Waals surface area contributed by atoms with E-state index in [2.05, 4.69) is 42.5 Å². The van der Waals surface area contributed by atoms with Crippen molar-refractivity contribution in [2.75, 3.05) is 36.2 Å². The predicted molar refractivity (Wildman–Crippen MR) is 148 cm³/mol. The molecule has 1 saturated heterocycles. The first-order valence-corrected chi connectivity index (χ1v) is 14.0. The second-order valence-corrected chi connectivity index (χ2v) is 11.4. The van der Waals surface area contributed by atoms with Gasteiger partial charge in [0.1, 0.15) is 16.6 Å². The smallest absolute Gasteiger partial charge is 0.419 e. The van der Waals surface area contributed by atoms with E-state index >= 15 is 0 Å². The van der Waals surface area contributed by atoms with Crippen molar-refractivity contribution in [2.24, 2.45) is 5.10 Å². The number of hydrogen-bond acceptors (Lipinski definition) is 9. The predicted octanol–water partition coefficient (Wildman–Crippen LogP) is 6.42. The number of nitrogens with one attached hydrogen (secondary N) is 1. The Bertz CT molecular complexity index is 1280. The van der Waals surface area contributed by atoms with Gasteiger partial charge in [0.05, 0.1) is 41.6 Å². The van der Waals surface area contributed by atoms with Crippen molar-refractivity contribution in [3.05, 3.63) is 39.0 Å². The molecule has 0 saturated carbocycles. The number of aromatic nitrogens is 2. The van der Waals surface area contributed by atoms with Crippen LogP contribution in [0.25, 0.3) is 0 Å². The van der Waals surface area contributed by atoms with Crippen LogP contribution in [-0.2, 0) is 10.9 Å². The number of nitrogens with zero attached hydrogens (tertiary/aromatic N) is 6. The normalized spacial score (nSPS) is 16.4. The largest absolute Gasteiger partial charge is 0.444 e. The number of thioether (sulfide) groups is 1. The van der Waals surface area contributed by atoms with Crippen LogP contribution in [0.3, 0.4) is 0 Å². The number of anilines is 2. The Kier molecular flexibility index (Phi) is 9.95. The highest BCUT2D eigenvalue weighted by molar-refractivity contribution is 9.10. The summed E-state index contributed by atoms with van der Waals surface area (Å²) in [7, 11) is 0. The lowest BCUT2D eigenvalue weighted by Gasteiger charge is -2.41. The minimum absolute atomic E-state index is 0.0478.